The van der Waals surface area contributed by atoms with Gasteiger partial charge in [0.1, 0.15) is 0 Å². The molecule has 0 saturated heterocycles. The molecule has 1 aromatic carbocycles. The van der Waals surface area contributed by atoms with Gasteiger partial charge in [0.05, 0.1) is 12.5 Å². The number of carbonyl (C=O) groups is 2. The maximum atomic E-state index is 11.7. The summed E-state index contributed by atoms with van der Waals surface area (Å²) >= 11 is 0. The third-order valence-electron chi connectivity index (χ3n) is 2.93. The van der Waals surface area contributed by atoms with E-state index in [0.29, 0.717) is 12.1 Å². The molecule has 0 aromatic heterocycles. The third kappa shape index (κ3) is 4.71. The molecule has 0 fully saturated rings. The van der Waals surface area contributed by atoms with Gasteiger partial charge in [-0.25, -0.2) is 0 Å². The first-order valence-electron chi connectivity index (χ1n) is 6.23. The van der Waals surface area contributed by atoms with Crippen LogP contribution in [0.15, 0.2) is 24.3 Å². The van der Waals surface area contributed by atoms with Crippen LogP contribution >= 0.6 is 0 Å². The molecule has 4 N–H and O–H groups in total. The van der Waals surface area contributed by atoms with Gasteiger partial charge in [0.25, 0.3) is 0 Å². The Balaban J connectivity index is 2.67. The van der Waals surface area contributed by atoms with Crippen LogP contribution in [0.2, 0.25) is 0 Å². The minimum atomic E-state index is -0.891. The van der Waals surface area contributed by atoms with Crippen molar-refractivity contribution >= 4 is 11.9 Å². The highest BCUT2D eigenvalue weighted by Gasteiger charge is 2.17. The van der Waals surface area contributed by atoms with E-state index >= 15 is 0 Å². The molecule has 0 heterocycles. The summed E-state index contributed by atoms with van der Waals surface area (Å²) in [6.45, 7) is 4.05. The lowest BCUT2D eigenvalue weighted by Crippen LogP contribution is -2.43. The van der Waals surface area contributed by atoms with Crippen molar-refractivity contribution in [1.82, 2.24) is 5.32 Å². The molecule has 1 rings (SSSR count). The van der Waals surface area contributed by atoms with Crippen LogP contribution in [-0.2, 0) is 22.6 Å². The van der Waals surface area contributed by atoms with E-state index in [4.69, 9.17) is 10.8 Å². The molecule has 0 saturated carbocycles. The van der Waals surface area contributed by atoms with E-state index in [-0.39, 0.29) is 18.2 Å². The number of aliphatic carboxylic acids is 1. The number of carboxylic acids is 1. The first-order chi connectivity index (χ1) is 8.91. The Morgan fingerprint density at radius 1 is 1.26 bits per heavy atom. The minimum absolute atomic E-state index is 0.0533. The lowest BCUT2D eigenvalue weighted by Gasteiger charge is -2.16. The molecule has 1 unspecified atom stereocenters. The fraction of sp³-hybridized carbons (Fsp3) is 0.429. The second-order valence-electron chi connectivity index (χ2n) is 4.83. The van der Waals surface area contributed by atoms with Crippen LogP contribution in [0.25, 0.3) is 0 Å². The summed E-state index contributed by atoms with van der Waals surface area (Å²) in [5, 5.41) is 11.6. The smallest absolute Gasteiger partial charge is 0.307 e. The maximum absolute atomic E-state index is 11.7. The Hall–Kier alpha value is -1.88. The van der Waals surface area contributed by atoms with Crippen LogP contribution in [0.3, 0.4) is 0 Å². The lowest BCUT2D eigenvalue weighted by molar-refractivity contribution is -0.136. The van der Waals surface area contributed by atoms with Crippen LogP contribution in [0, 0.1) is 5.92 Å². The molecule has 0 aliphatic carbocycles. The highest BCUT2D eigenvalue weighted by Crippen LogP contribution is 2.10. The van der Waals surface area contributed by atoms with Gasteiger partial charge in [0, 0.05) is 6.54 Å². The Morgan fingerprint density at radius 3 is 2.37 bits per heavy atom. The van der Waals surface area contributed by atoms with Crippen LogP contribution in [0.5, 0.6) is 0 Å². The molecule has 5 heteroatoms. The number of carbonyl (C=O) groups excluding carboxylic acids is 1. The number of benzene rings is 1. The molecular formula is C14H20N2O3. The van der Waals surface area contributed by atoms with Gasteiger partial charge in [-0.15, -0.1) is 0 Å². The van der Waals surface area contributed by atoms with Crippen molar-refractivity contribution in [2.45, 2.75) is 32.9 Å². The van der Waals surface area contributed by atoms with Crippen molar-refractivity contribution in [3.63, 3.8) is 0 Å². The zero-order chi connectivity index (χ0) is 14.4. The van der Waals surface area contributed by atoms with Gasteiger partial charge in [-0.1, -0.05) is 38.1 Å². The van der Waals surface area contributed by atoms with Gasteiger partial charge in [-0.05, 0) is 17.0 Å². The SMILES string of the molecule is CC(C)C(N)C(=O)NCc1ccccc1CC(=O)O. The van der Waals surface area contributed by atoms with Crippen molar-refractivity contribution < 1.29 is 14.7 Å². The molecule has 0 aliphatic heterocycles. The average molecular weight is 264 g/mol. The van der Waals surface area contributed by atoms with Crippen LogP contribution in [0.4, 0.5) is 0 Å². The quantitative estimate of drug-likeness (QED) is 0.712. The van der Waals surface area contributed by atoms with Gasteiger partial charge in [-0.3, -0.25) is 9.59 Å². The number of nitrogens with two attached hydrogens (primary N) is 1. The van der Waals surface area contributed by atoms with Gasteiger partial charge in [0.2, 0.25) is 5.91 Å². The summed E-state index contributed by atoms with van der Waals surface area (Å²) in [5.74, 6) is -1.05. The summed E-state index contributed by atoms with van der Waals surface area (Å²) in [6.07, 6.45) is -0.0533. The Kier molecular flexibility index (Phi) is 5.51. The topological polar surface area (TPSA) is 92.4 Å². The average Bonchev–Trinajstić information content (AvgIpc) is 2.35. The number of hydrogen-bond donors (Lipinski definition) is 3. The summed E-state index contributed by atoms with van der Waals surface area (Å²) in [6, 6.07) is 6.60. The van der Waals surface area contributed by atoms with Crippen molar-refractivity contribution in [3.05, 3.63) is 35.4 Å². The van der Waals surface area contributed by atoms with Crippen molar-refractivity contribution in [2.24, 2.45) is 11.7 Å². The molecule has 1 atom stereocenters. The monoisotopic (exact) mass is 264 g/mol. The molecule has 5 nitrogen and oxygen atoms in total. The summed E-state index contributed by atoms with van der Waals surface area (Å²) in [5.41, 5.74) is 7.24. The first-order valence-corrected chi connectivity index (χ1v) is 6.23. The Bertz CT molecular complexity index is 458. The van der Waals surface area contributed by atoms with Gasteiger partial charge < -0.3 is 16.2 Å². The highest BCUT2D eigenvalue weighted by molar-refractivity contribution is 5.81. The third-order valence-corrected chi connectivity index (χ3v) is 2.93. The van der Waals surface area contributed by atoms with Crippen molar-refractivity contribution in [1.29, 1.82) is 0 Å². The minimum Gasteiger partial charge on any atom is -0.481 e. The summed E-state index contributed by atoms with van der Waals surface area (Å²) < 4.78 is 0. The zero-order valence-corrected chi connectivity index (χ0v) is 11.2. The zero-order valence-electron chi connectivity index (χ0n) is 11.2. The van der Waals surface area contributed by atoms with Crippen molar-refractivity contribution in [3.8, 4) is 0 Å². The molecule has 1 aromatic rings. The maximum Gasteiger partial charge on any atom is 0.307 e. The van der Waals surface area contributed by atoms with E-state index in [1.807, 2.05) is 19.9 Å². The molecule has 1 amide bonds. The fourth-order valence-electron chi connectivity index (χ4n) is 1.67. The number of hydrogen-bond acceptors (Lipinski definition) is 3. The highest BCUT2D eigenvalue weighted by atomic mass is 16.4. The van der Waals surface area contributed by atoms with Gasteiger partial charge in [-0.2, -0.15) is 0 Å². The predicted octanol–water partition coefficient (Wildman–Crippen LogP) is 0.913. The van der Waals surface area contributed by atoms with Gasteiger partial charge in [0.15, 0.2) is 0 Å². The Morgan fingerprint density at radius 2 is 1.84 bits per heavy atom. The van der Waals surface area contributed by atoms with E-state index in [0.717, 1.165) is 5.56 Å². The predicted molar refractivity (Wildman–Crippen MR) is 72.4 cm³/mol. The number of nitrogens with one attached hydrogen (secondary N) is 1. The van der Waals surface area contributed by atoms with E-state index in [9.17, 15) is 9.59 Å². The van der Waals surface area contributed by atoms with E-state index in [1.54, 1.807) is 18.2 Å². The lowest BCUT2D eigenvalue weighted by atomic mass is 10.0. The number of carboxylic acid groups (broad SMARTS) is 1. The van der Waals surface area contributed by atoms with Crippen molar-refractivity contribution in [2.75, 3.05) is 0 Å². The van der Waals surface area contributed by atoms with Crippen LogP contribution < -0.4 is 11.1 Å². The van der Waals surface area contributed by atoms with E-state index in [1.165, 1.54) is 0 Å². The molecule has 104 valence electrons. The number of rotatable bonds is 6. The van der Waals surface area contributed by atoms with Crippen LogP contribution in [-0.4, -0.2) is 23.0 Å². The fourth-order valence-corrected chi connectivity index (χ4v) is 1.67. The van der Waals surface area contributed by atoms with Crippen LogP contribution in [0.1, 0.15) is 25.0 Å². The standard InChI is InChI=1S/C14H20N2O3/c1-9(2)13(15)14(19)16-8-11-6-4-3-5-10(11)7-12(17)18/h3-6,9,13H,7-8,15H2,1-2H3,(H,16,19)(H,17,18). The molecule has 0 bridgehead atoms. The molecule has 0 radical (unpaired) electrons. The second kappa shape index (κ2) is 6.89. The van der Waals surface area contributed by atoms with E-state index < -0.39 is 12.0 Å². The first kappa shape index (κ1) is 15.2. The number of amides is 1. The molecular weight excluding hydrogens is 244 g/mol. The molecule has 0 aliphatic rings. The summed E-state index contributed by atoms with van der Waals surface area (Å²) in [4.78, 5) is 22.5. The second-order valence-corrected chi connectivity index (χ2v) is 4.83. The van der Waals surface area contributed by atoms with E-state index in [2.05, 4.69) is 5.32 Å². The molecule has 0 spiro atoms. The van der Waals surface area contributed by atoms with Gasteiger partial charge >= 0.3 is 5.97 Å². The largest absolute Gasteiger partial charge is 0.481 e. The molecule has 19 heavy (non-hydrogen) atoms. The Labute approximate surface area is 112 Å². The normalized spacial score (nSPS) is 12.2. The summed E-state index contributed by atoms with van der Waals surface area (Å²) in [7, 11) is 0.